The minimum absolute atomic E-state index is 0.106. The van der Waals surface area contributed by atoms with E-state index >= 15 is 0 Å². The number of rotatable bonds is 6. The molecule has 3 heterocycles. The number of nitrogens with one attached hydrogen (secondary N) is 2. The first kappa shape index (κ1) is 20.4. The molecule has 31 heavy (non-hydrogen) atoms. The molecule has 0 radical (unpaired) electrons. The number of fused-ring (bicyclic) bond motifs is 1. The third kappa shape index (κ3) is 4.72. The number of ether oxygens (including phenoxy) is 2. The van der Waals surface area contributed by atoms with E-state index in [0.717, 1.165) is 56.8 Å². The number of hydrogen-bond acceptors (Lipinski definition) is 6. The van der Waals surface area contributed by atoms with Crippen molar-refractivity contribution in [2.24, 2.45) is 0 Å². The molecule has 2 N–H and O–H groups in total. The summed E-state index contributed by atoms with van der Waals surface area (Å²) in [6.45, 7) is 3.02. The lowest BCUT2D eigenvalue weighted by molar-refractivity contribution is 0.0909. The van der Waals surface area contributed by atoms with Gasteiger partial charge in [0.15, 0.2) is 11.5 Å². The zero-order valence-corrected chi connectivity index (χ0v) is 18.2. The summed E-state index contributed by atoms with van der Waals surface area (Å²) in [5.41, 5.74) is 1.74. The van der Waals surface area contributed by atoms with E-state index in [1.54, 1.807) is 12.3 Å². The molecule has 0 bridgehead atoms. The zero-order chi connectivity index (χ0) is 21.2. The molecule has 5 rings (SSSR count). The average molecular weight is 443 g/mol. The van der Waals surface area contributed by atoms with E-state index in [1.165, 1.54) is 12.0 Å². The summed E-state index contributed by atoms with van der Waals surface area (Å²) in [7, 11) is 0. The Hall–Kier alpha value is -2.51. The summed E-state index contributed by atoms with van der Waals surface area (Å²) in [5.74, 6) is 2.16. The van der Waals surface area contributed by atoms with Crippen LogP contribution in [0.5, 0.6) is 11.5 Å². The monoisotopic (exact) mass is 442 g/mol. The smallest absolute Gasteiger partial charge is 0.255 e. The summed E-state index contributed by atoms with van der Waals surface area (Å²) in [6.07, 6.45) is 6.87. The van der Waals surface area contributed by atoms with Crippen molar-refractivity contribution in [2.75, 3.05) is 25.2 Å². The maximum absolute atomic E-state index is 13.0. The number of carbonyl (C=O) groups is 1. The van der Waals surface area contributed by atoms with Crippen molar-refractivity contribution < 1.29 is 14.3 Å². The second-order valence-corrected chi connectivity index (χ2v) is 8.97. The second kappa shape index (κ2) is 8.93. The summed E-state index contributed by atoms with van der Waals surface area (Å²) >= 11 is 6.13. The van der Waals surface area contributed by atoms with Crippen LogP contribution in [-0.4, -0.2) is 47.8 Å². The first-order valence-corrected chi connectivity index (χ1v) is 11.4. The first-order chi connectivity index (χ1) is 15.1. The molecule has 2 aliphatic heterocycles. The van der Waals surface area contributed by atoms with Gasteiger partial charge in [0.1, 0.15) is 5.82 Å². The van der Waals surface area contributed by atoms with Crippen molar-refractivity contribution >= 4 is 23.3 Å². The number of amides is 1. The number of aromatic nitrogens is 1. The lowest BCUT2D eigenvalue weighted by atomic mass is 9.93. The quantitative estimate of drug-likeness (QED) is 0.708. The van der Waals surface area contributed by atoms with Gasteiger partial charge in [-0.2, -0.15) is 0 Å². The highest BCUT2D eigenvalue weighted by atomic mass is 35.5. The molecule has 164 valence electrons. The lowest BCUT2D eigenvalue weighted by Crippen LogP contribution is -2.44. The van der Waals surface area contributed by atoms with E-state index in [2.05, 4.69) is 32.7 Å². The van der Waals surface area contributed by atoms with Crippen molar-refractivity contribution in [1.82, 2.24) is 15.2 Å². The number of carbonyl (C=O) groups excluding carboxylic acids is 1. The van der Waals surface area contributed by atoms with Gasteiger partial charge in [0.05, 0.1) is 10.6 Å². The van der Waals surface area contributed by atoms with Crippen LogP contribution < -0.4 is 20.1 Å². The van der Waals surface area contributed by atoms with Crippen LogP contribution in [0.4, 0.5) is 5.82 Å². The predicted octanol–water partition coefficient (Wildman–Crippen LogP) is 3.82. The summed E-state index contributed by atoms with van der Waals surface area (Å²) in [4.78, 5) is 19.7. The molecule has 0 atom stereocenters. The van der Waals surface area contributed by atoms with Gasteiger partial charge in [-0.1, -0.05) is 17.7 Å². The Kier molecular flexibility index (Phi) is 5.87. The van der Waals surface area contributed by atoms with E-state index in [-0.39, 0.29) is 11.9 Å². The molecule has 0 spiro atoms. The number of likely N-dealkylation sites (tertiary alicyclic amines) is 1. The Morgan fingerprint density at radius 1 is 1.10 bits per heavy atom. The second-order valence-electron chi connectivity index (χ2n) is 8.53. The highest BCUT2D eigenvalue weighted by Gasteiger charge is 2.25. The van der Waals surface area contributed by atoms with Gasteiger partial charge in [0, 0.05) is 37.9 Å². The van der Waals surface area contributed by atoms with Crippen molar-refractivity contribution in [3.63, 3.8) is 0 Å². The molecule has 8 heteroatoms. The van der Waals surface area contributed by atoms with E-state index < -0.39 is 0 Å². The third-order valence-corrected chi connectivity index (χ3v) is 6.52. The Balaban J connectivity index is 1.15. The van der Waals surface area contributed by atoms with Crippen LogP contribution in [0.3, 0.4) is 0 Å². The van der Waals surface area contributed by atoms with Gasteiger partial charge in [0.2, 0.25) is 6.79 Å². The fourth-order valence-corrected chi connectivity index (χ4v) is 4.43. The van der Waals surface area contributed by atoms with E-state index in [4.69, 9.17) is 21.1 Å². The molecular weight excluding hydrogens is 416 g/mol. The minimum atomic E-state index is -0.106. The van der Waals surface area contributed by atoms with Crippen LogP contribution >= 0.6 is 11.6 Å². The summed E-state index contributed by atoms with van der Waals surface area (Å²) < 4.78 is 10.9. The predicted molar refractivity (Wildman–Crippen MR) is 119 cm³/mol. The van der Waals surface area contributed by atoms with Crippen molar-refractivity contribution in [3.8, 4) is 11.5 Å². The van der Waals surface area contributed by atoms with Gasteiger partial charge in [0.25, 0.3) is 5.91 Å². The van der Waals surface area contributed by atoms with Crippen LogP contribution in [0.1, 0.15) is 48.0 Å². The number of pyridine rings is 1. The van der Waals surface area contributed by atoms with Gasteiger partial charge in [-0.15, -0.1) is 0 Å². The van der Waals surface area contributed by atoms with Crippen molar-refractivity contribution in [2.45, 2.75) is 50.7 Å². The molecule has 7 nitrogen and oxygen atoms in total. The van der Waals surface area contributed by atoms with Gasteiger partial charge >= 0.3 is 0 Å². The minimum Gasteiger partial charge on any atom is -0.454 e. The van der Waals surface area contributed by atoms with Gasteiger partial charge in [-0.05, 0) is 55.9 Å². The Morgan fingerprint density at radius 2 is 1.90 bits per heavy atom. The molecule has 1 saturated carbocycles. The standard InChI is InChI=1S/C23H27ClN4O3/c24-16-11-19(22(25-12-16)26-17-2-1-3-17)23(29)27-18-6-8-28(9-7-18)13-15-4-5-20-21(10-15)31-14-30-20/h4-5,10-12,17-18H,1-3,6-9,13-14H2,(H,25,26)(H,27,29). The maximum Gasteiger partial charge on any atom is 0.255 e. The molecule has 2 aromatic rings. The third-order valence-electron chi connectivity index (χ3n) is 6.31. The first-order valence-electron chi connectivity index (χ1n) is 11.0. The Morgan fingerprint density at radius 3 is 2.68 bits per heavy atom. The number of hydrogen-bond donors (Lipinski definition) is 2. The topological polar surface area (TPSA) is 75.7 Å². The van der Waals surface area contributed by atoms with Crippen molar-refractivity contribution in [1.29, 1.82) is 0 Å². The van der Waals surface area contributed by atoms with E-state index in [9.17, 15) is 4.79 Å². The highest BCUT2D eigenvalue weighted by molar-refractivity contribution is 6.31. The molecule has 2 fully saturated rings. The molecule has 1 saturated heterocycles. The van der Waals surface area contributed by atoms with Crippen LogP contribution in [-0.2, 0) is 6.54 Å². The summed E-state index contributed by atoms with van der Waals surface area (Å²) in [6, 6.07) is 8.37. The van der Waals surface area contributed by atoms with E-state index in [0.29, 0.717) is 29.2 Å². The molecule has 1 aromatic heterocycles. The molecular formula is C23H27ClN4O3. The molecule has 1 aliphatic carbocycles. The fraction of sp³-hybridized carbons (Fsp3) is 0.478. The zero-order valence-electron chi connectivity index (χ0n) is 17.4. The van der Waals surface area contributed by atoms with Crippen LogP contribution in [0.15, 0.2) is 30.5 Å². The normalized spacial score (nSPS) is 19.1. The van der Waals surface area contributed by atoms with Crippen LogP contribution in [0, 0.1) is 0 Å². The fourth-order valence-electron chi connectivity index (χ4n) is 4.27. The Labute approximate surface area is 187 Å². The number of benzene rings is 1. The van der Waals surface area contributed by atoms with Crippen LogP contribution in [0.25, 0.3) is 0 Å². The average Bonchev–Trinajstić information content (AvgIpc) is 3.21. The lowest BCUT2D eigenvalue weighted by Gasteiger charge is -2.32. The number of nitrogens with zero attached hydrogens (tertiary/aromatic N) is 2. The van der Waals surface area contributed by atoms with Gasteiger partial charge in [-0.3, -0.25) is 9.69 Å². The Bertz CT molecular complexity index is 958. The number of piperidine rings is 1. The van der Waals surface area contributed by atoms with E-state index in [1.807, 2.05) is 6.07 Å². The molecule has 1 amide bonds. The molecule has 1 aromatic carbocycles. The molecule has 0 unspecified atom stereocenters. The maximum atomic E-state index is 13.0. The van der Waals surface area contributed by atoms with Crippen LogP contribution in [0.2, 0.25) is 5.02 Å². The van der Waals surface area contributed by atoms with Crippen molar-refractivity contribution in [3.05, 3.63) is 46.6 Å². The molecule has 3 aliphatic rings. The SMILES string of the molecule is O=C(NC1CCN(Cc2ccc3c(c2)OCO3)CC1)c1cc(Cl)cnc1NC1CCC1. The van der Waals surface area contributed by atoms with Gasteiger partial charge in [-0.25, -0.2) is 4.98 Å². The van der Waals surface area contributed by atoms with Gasteiger partial charge < -0.3 is 20.1 Å². The largest absolute Gasteiger partial charge is 0.454 e. The number of halogens is 1. The summed E-state index contributed by atoms with van der Waals surface area (Å²) in [5, 5.41) is 7.05. The highest BCUT2D eigenvalue weighted by Crippen LogP contribution is 2.33. The number of anilines is 1.